The molecule has 7 nitrogen and oxygen atoms in total. The molecule has 0 spiro atoms. The predicted octanol–water partition coefficient (Wildman–Crippen LogP) is 2.97. The standard InChI is InChI=1S/C23H31NO6S/c1-28-20-9-5-18(6-10-20)15-24(16-19-7-11-21(29-2)12-8-19)31(26,27)23(17-25)14-22-4-3-13-30-22/h5-12,22-23,25H,3-4,13-17H2,1-2H3/t22-,23?/m1/s1. The maximum atomic E-state index is 13.6. The number of aliphatic hydroxyl groups is 1. The third kappa shape index (κ3) is 6.20. The monoisotopic (exact) mass is 449 g/mol. The Labute approximate surface area is 184 Å². The fraction of sp³-hybridized carbons (Fsp3) is 0.478. The summed E-state index contributed by atoms with van der Waals surface area (Å²) in [7, 11) is -0.608. The minimum atomic E-state index is -3.79. The molecule has 3 rings (SSSR count). The SMILES string of the molecule is COc1ccc(CN(Cc2ccc(OC)cc2)S(=O)(=O)C(CO)C[C@H]2CCCO2)cc1. The van der Waals surface area contributed by atoms with Gasteiger partial charge in [0.2, 0.25) is 10.0 Å². The van der Waals surface area contributed by atoms with Crippen LogP contribution in [-0.4, -0.2) is 56.6 Å². The van der Waals surface area contributed by atoms with Crippen LogP contribution >= 0.6 is 0 Å². The molecule has 2 aromatic rings. The average Bonchev–Trinajstić information content (AvgIpc) is 3.31. The summed E-state index contributed by atoms with van der Waals surface area (Å²) in [5.41, 5.74) is 1.68. The topological polar surface area (TPSA) is 85.3 Å². The van der Waals surface area contributed by atoms with Gasteiger partial charge in [0.1, 0.15) is 16.7 Å². The molecule has 0 radical (unpaired) electrons. The molecule has 0 aromatic heterocycles. The second-order valence-corrected chi connectivity index (χ2v) is 9.90. The quantitative estimate of drug-likeness (QED) is 0.568. The van der Waals surface area contributed by atoms with Gasteiger partial charge in [0.15, 0.2) is 0 Å². The van der Waals surface area contributed by atoms with Gasteiger partial charge in [-0.25, -0.2) is 8.42 Å². The molecule has 2 atom stereocenters. The Kier molecular flexibility index (Phi) is 8.31. The Morgan fingerprint density at radius 1 is 1.00 bits per heavy atom. The highest BCUT2D eigenvalue weighted by molar-refractivity contribution is 7.89. The number of aliphatic hydroxyl groups excluding tert-OH is 1. The van der Waals surface area contributed by atoms with Crippen LogP contribution in [0.2, 0.25) is 0 Å². The third-order valence-corrected chi connectivity index (χ3v) is 7.73. The van der Waals surface area contributed by atoms with Crippen molar-refractivity contribution in [3.05, 3.63) is 59.7 Å². The van der Waals surface area contributed by atoms with E-state index < -0.39 is 21.9 Å². The van der Waals surface area contributed by atoms with Gasteiger partial charge in [0, 0.05) is 19.7 Å². The lowest BCUT2D eigenvalue weighted by Gasteiger charge is -2.28. The van der Waals surface area contributed by atoms with Gasteiger partial charge in [-0.05, 0) is 54.7 Å². The Morgan fingerprint density at radius 2 is 1.52 bits per heavy atom. The number of hydrogen-bond donors (Lipinski definition) is 1. The molecule has 0 aliphatic carbocycles. The summed E-state index contributed by atoms with van der Waals surface area (Å²) in [4.78, 5) is 0. The number of methoxy groups -OCH3 is 2. The fourth-order valence-electron chi connectivity index (χ4n) is 3.73. The molecular formula is C23H31NO6S. The van der Waals surface area contributed by atoms with Gasteiger partial charge in [0.25, 0.3) is 0 Å². The van der Waals surface area contributed by atoms with Gasteiger partial charge in [-0.15, -0.1) is 0 Å². The van der Waals surface area contributed by atoms with E-state index >= 15 is 0 Å². The second-order valence-electron chi connectivity index (χ2n) is 7.68. The van der Waals surface area contributed by atoms with E-state index in [1.165, 1.54) is 4.31 Å². The van der Waals surface area contributed by atoms with Crippen molar-refractivity contribution in [2.24, 2.45) is 0 Å². The minimum absolute atomic E-state index is 0.129. The van der Waals surface area contributed by atoms with Gasteiger partial charge >= 0.3 is 0 Å². The van der Waals surface area contributed by atoms with Gasteiger partial charge in [-0.2, -0.15) is 4.31 Å². The highest BCUT2D eigenvalue weighted by atomic mass is 32.2. The summed E-state index contributed by atoms with van der Waals surface area (Å²) in [5.74, 6) is 1.42. The van der Waals surface area contributed by atoms with Crippen LogP contribution in [0.25, 0.3) is 0 Å². The molecule has 1 aliphatic rings. The Morgan fingerprint density at radius 3 is 1.90 bits per heavy atom. The molecule has 1 saturated heterocycles. The van der Waals surface area contributed by atoms with Crippen LogP contribution in [0.1, 0.15) is 30.4 Å². The van der Waals surface area contributed by atoms with E-state index in [1.54, 1.807) is 14.2 Å². The maximum Gasteiger partial charge on any atom is 0.219 e. The lowest BCUT2D eigenvalue weighted by molar-refractivity contribution is 0.0970. The van der Waals surface area contributed by atoms with Crippen molar-refractivity contribution in [3.63, 3.8) is 0 Å². The van der Waals surface area contributed by atoms with Crippen LogP contribution in [0, 0.1) is 0 Å². The van der Waals surface area contributed by atoms with Gasteiger partial charge in [-0.1, -0.05) is 24.3 Å². The maximum absolute atomic E-state index is 13.6. The van der Waals surface area contributed by atoms with Crippen LogP contribution in [-0.2, 0) is 27.8 Å². The van der Waals surface area contributed by atoms with Crippen molar-refractivity contribution in [3.8, 4) is 11.5 Å². The van der Waals surface area contributed by atoms with Crippen LogP contribution in [0.5, 0.6) is 11.5 Å². The summed E-state index contributed by atoms with van der Waals surface area (Å²) < 4.78 is 44.6. The summed E-state index contributed by atoms with van der Waals surface area (Å²) in [6, 6.07) is 14.6. The van der Waals surface area contributed by atoms with Crippen molar-refractivity contribution in [1.82, 2.24) is 4.31 Å². The Balaban J connectivity index is 1.85. The zero-order chi connectivity index (χ0) is 22.3. The molecular weight excluding hydrogens is 418 g/mol. The molecule has 0 bridgehead atoms. The summed E-state index contributed by atoms with van der Waals surface area (Å²) >= 11 is 0. The molecule has 0 saturated carbocycles. The van der Waals surface area contributed by atoms with Crippen LogP contribution in [0.4, 0.5) is 0 Å². The fourth-order valence-corrected chi connectivity index (χ4v) is 5.46. The highest BCUT2D eigenvalue weighted by Crippen LogP contribution is 2.25. The zero-order valence-corrected chi connectivity index (χ0v) is 18.9. The number of rotatable bonds is 11. The van der Waals surface area contributed by atoms with Gasteiger partial charge in [-0.3, -0.25) is 0 Å². The number of nitrogens with zero attached hydrogens (tertiary/aromatic N) is 1. The summed E-state index contributed by atoms with van der Waals surface area (Å²) in [5, 5.41) is 9.04. The summed E-state index contributed by atoms with van der Waals surface area (Å²) in [6.07, 6.45) is 1.91. The average molecular weight is 450 g/mol. The molecule has 2 aromatic carbocycles. The molecule has 1 N–H and O–H groups in total. The smallest absolute Gasteiger partial charge is 0.219 e. The van der Waals surface area contributed by atoms with Gasteiger partial charge in [0.05, 0.1) is 26.9 Å². The Hall–Kier alpha value is -2.13. The van der Waals surface area contributed by atoms with Crippen LogP contribution in [0.3, 0.4) is 0 Å². The first-order valence-corrected chi connectivity index (χ1v) is 11.9. The lowest BCUT2D eigenvalue weighted by Crippen LogP contribution is -2.41. The van der Waals surface area contributed by atoms with Crippen molar-refractivity contribution in [2.45, 2.75) is 43.7 Å². The molecule has 1 fully saturated rings. The van der Waals surface area contributed by atoms with E-state index in [-0.39, 0.29) is 19.2 Å². The van der Waals surface area contributed by atoms with Crippen LogP contribution in [0.15, 0.2) is 48.5 Å². The van der Waals surface area contributed by atoms with E-state index in [1.807, 2.05) is 48.5 Å². The minimum Gasteiger partial charge on any atom is -0.497 e. The molecule has 8 heteroatoms. The van der Waals surface area contributed by atoms with E-state index in [0.29, 0.717) is 24.5 Å². The predicted molar refractivity (Wildman–Crippen MR) is 119 cm³/mol. The van der Waals surface area contributed by atoms with Crippen molar-refractivity contribution in [2.75, 3.05) is 27.4 Å². The largest absolute Gasteiger partial charge is 0.497 e. The molecule has 31 heavy (non-hydrogen) atoms. The first kappa shape index (κ1) is 23.5. The highest BCUT2D eigenvalue weighted by Gasteiger charge is 2.35. The van der Waals surface area contributed by atoms with Crippen molar-refractivity contribution in [1.29, 1.82) is 0 Å². The summed E-state index contributed by atoms with van der Waals surface area (Å²) in [6.45, 7) is 0.592. The van der Waals surface area contributed by atoms with Crippen LogP contribution < -0.4 is 9.47 Å². The number of sulfonamides is 1. The zero-order valence-electron chi connectivity index (χ0n) is 18.1. The number of benzene rings is 2. The second kappa shape index (κ2) is 10.9. The van der Waals surface area contributed by atoms with Crippen molar-refractivity contribution < 1.29 is 27.7 Å². The van der Waals surface area contributed by atoms with E-state index in [4.69, 9.17) is 14.2 Å². The number of hydrogen-bond acceptors (Lipinski definition) is 6. The number of ether oxygens (including phenoxy) is 3. The normalized spacial score (nSPS) is 17.6. The van der Waals surface area contributed by atoms with E-state index in [2.05, 4.69) is 0 Å². The van der Waals surface area contributed by atoms with E-state index in [9.17, 15) is 13.5 Å². The molecule has 1 unspecified atom stereocenters. The first-order chi connectivity index (χ1) is 15.0. The lowest BCUT2D eigenvalue weighted by atomic mass is 10.1. The Bertz CT molecular complexity index is 859. The third-order valence-electron chi connectivity index (χ3n) is 5.57. The molecule has 0 amide bonds. The molecule has 1 heterocycles. The molecule has 1 aliphatic heterocycles. The van der Waals surface area contributed by atoms with E-state index in [0.717, 1.165) is 24.0 Å². The van der Waals surface area contributed by atoms with Gasteiger partial charge < -0.3 is 19.3 Å². The first-order valence-electron chi connectivity index (χ1n) is 10.4. The van der Waals surface area contributed by atoms with Crippen molar-refractivity contribution >= 4 is 10.0 Å². The molecule has 170 valence electrons.